The first-order valence-corrected chi connectivity index (χ1v) is 4.94. The standard InChI is InChI=1S/C11H15NO3/c1-8(12)11(13)6-14-9-4-2-3-5-10(9)15-7-11/h2-5,8,13H,6-7,12H2,1H3. The number of rotatable bonds is 1. The van der Waals surface area contributed by atoms with Gasteiger partial charge in [0.25, 0.3) is 0 Å². The Labute approximate surface area is 88.6 Å². The lowest BCUT2D eigenvalue weighted by Gasteiger charge is -2.28. The van der Waals surface area contributed by atoms with Gasteiger partial charge in [-0.25, -0.2) is 0 Å². The van der Waals surface area contributed by atoms with Crippen molar-refractivity contribution >= 4 is 0 Å². The highest BCUT2D eigenvalue weighted by Gasteiger charge is 2.36. The molecule has 1 unspecified atom stereocenters. The number of nitrogens with two attached hydrogens (primary N) is 1. The van der Waals surface area contributed by atoms with Gasteiger partial charge in [-0.3, -0.25) is 0 Å². The van der Waals surface area contributed by atoms with Gasteiger partial charge in [0.1, 0.15) is 18.8 Å². The van der Waals surface area contributed by atoms with Crippen LogP contribution in [0.3, 0.4) is 0 Å². The summed E-state index contributed by atoms with van der Waals surface area (Å²) in [4.78, 5) is 0. The number of para-hydroxylation sites is 2. The third-order valence-electron chi connectivity index (χ3n) is 2.65. The van der Waals surface area contributed by atoms with E-state index >= 15 is 0 Å². The maximum Gasteiger partial charge on any atom is 0.161 e. The Morgan fingerprint density at radius 2 is 1.73 bits per heavy atom. The van der Waals surface area contributed by atoms with Crippen molar-refractivity contribution in [2.24, 2.45) is 5.73 Å². The lowest BCUT2D eigenvalue weighted by molar-refractivity contribution is -0.0433. The van der Waals surface area contributed by atoms with Gasteiger partial charge in [-0.2, -0.15) is 0 Å². The maximum atomic E-state index is 10.1. The van der Waals surface area contributed by atoms with E-state index in [0.717, 1.165) is 0 Å². The molecule has 0 saturated heterocycles. The fraction of sp³-hybridized carbons (Fsp3) is 0.455. The van der Waals surface area contributed by atoms with Gasteiger partial charge in [0.15, 0.2) is 11.5 Å². The summed E-state index contributed by atoms with van der Waals surface area (Å²) in [5.74, 6) is 1.29. The van der Waals surface area contributed by atoms with E-state index < -0.39 is 11.6 Å². The molecule has 82 valence electrons. The highest BCUT2D eigenvalue weighted by molar-refractivity contribution is 5.40. The van der Waals surface area contributed by atoms with Crippen molar-refractivity contribution in [3.05, 3.63) is 24.3 Å². The van der Waals surface area contributed by atoms with Crippen molar-refractivity contribution in [3.8, 4) is 11.5 Å². The highest BCUT2D eigenvalue weighted by Crippen LogP contribution is 2.31. The summed E-state index contributed by atoms with van der Waals surface area (Å²) in [5, 5.41) is 10.1. The van der Waals surface area contributed by atoms with Crippen LogP contribution < -0.4 is 15.2 Å². The number of hydrogen-bond donors (Lipinski definition) is 2. The third-order valence-corrected chi connectivity index (χ3v) is 2.65. The van der Waals surface area contributed by atoms with Crippen LogP contribution in [0.1, 0.15) is 6.92 Å². The Kier molecular flexibility index (Phi) is 2.54. The molecule has 0 fully saturated rings. The molecule has 1 heterocycles. The zero-order valence-electron chi connectivity index (χ0n) is 8.64. The van der Waals surface area contributed by atoms with E-state index in [2.05, 4.69) is 0 Å². The maximum absolute atomic E-state index is 10.1. The topological polar surface area (TPSA) is 64.7 Å². The molecule has 1 aromatic rings. The van der Waals surface area contributed by atoms with Gasteiger partial charge in [-0.1, -0.05) is 12.1 Å². The molecule has 1 aliphatic heterocycles. The average Bonchev–Trinajstić information content (AvgIpc) is 2.40. The molecule has 4 nitrogen and oxygen atoms in total. The van der Waals surface area contributed by atoms with Gasteiger partial charge >= 0.3 is 0 Å². The second-order valence-corrected chi connectivity index (χ2v) is 3.92. The van der Waals surface area contributed by atoms with E-state index in [0.29, 0.717) is 11.5 Å². The Bertz CT molecular complexity index is 324. The summed E-state index contributed by atoms with van der Waals surface area (Å²) in [6, 6.07) is 6.94. The predicted octanol–water partition coefficient (Wildman–Crippen LogP) is 0.536. The summed E-state index contributed by atoms with van der Waals surface area (Å²) in [6.07, 6.45) is 0. The molecule has 0 amide bonds. The Balaban J connectivity index is 2.22. The van der Waals surface area contributed by atoms with Crippen molar-refractivity contribution in [2.75, 3.05) is 13.2 Å². The Morgan fingerprint density at radius 1 is 1.27 bits per heavy atom. The van der Waals surface area contributed by atoms with Gasteiger partial charge in [0.2, 0.25) is 0 Å². The monoisotopic (exact) mass is 209 g/mol. The van der Waals surface area contributed by atoms with Gasteiger partial charge in [-0.15, -0.1) is 0 Å². The van der Waals surface area contributed by atoms with Crippen LogP contribution in [0.2, 0.25) is 0 Å². The number of ether oxygens (including phenoxy) is 2. The molecule has 0 radical (unpaired) electrons. The highest BCUT2D eigenvalue weighted by atomic mass is 16.6. The zero-order chi connectivity index (χ0) is 10.9. The van der Waals surface area contributed by atoms with Crippen LogP contribution in [0.4, 0.5) is 0 Å². The molecule has 0 aromatic heterocycles. The lowest BCUT2D eigenvalue weighted by atomic mass is 9.99. The van der Waals surface area contributed by atoms with E-state index in [1.165, 1.54) is 0 Å². The smallest absolute Gasteiger partial charge is 0.161 e. The van der Waals surface area contributed by atoms with E-state index in [1.54, 1.807) is 6.92 Å². The molecule has 1 atom stereocenters. The van der Waals surface area contributed by atoms with Crippen LogP contribution in [-0.4, -0.2) is 30.0 Å². The van der Waals surface area contributed by atoms with Crippen molar-refractivity contribution < 1.29 is 14.6 Å². The van der Waals surface area contributed by atoms with Gasteiger partial charge in [0.05, 0.1) is 0 Å². The minimum atomic E-state index is -1.13. The number of fused-ring (bicyclic) bond motifs is 1. The van der Waals surface area contributed by atoms with Crippen molar-refractivity contribution in [1.29, 1.82) is 0 Å². The Morgan fingerprint density at radius 3 is 2.13 bits per heavy atom. The van der Waals surface area contributed by atoms with Crippen LogP contribution in [-0.2, 0) is 0 Å². The molecule has 1 aromatic carbocycles. The molecule has 0 bridgehead atoms. The first-order chi connectivity index (χ1) is 7.12. The summed E-state index contributed by atoms with van der Waals surface area (Å²) >= 11 is 0. The summed E-state index contributed by atoms with van der Waals surface area (Å²) < 4.78 is 10.9. The van der Waals surface area contributed by atoms with Crippen LogP contribution in [0.25, 0.3) is 0 Å². The van der Waals surface area contributed by atoms with Crippen molar-refractivity contribution in [1.82, 2.24) is 0 Å². The second kappa shape index (κ2) is 3.72. The molecule has 4 heteroatoms. The van der Waals surface area contributed by atoms with Gasteiger partial charge in [-0.05, 0) is 19.1 Å². The first-order valence-electron chi connectivity index (χ1n) is 4.94. The quantitative estimate of drug-likeness (QED) is 0.708. The molecule has 0 saturated carbocycles. The molecule has 15 heavy (non-hydrogen) atoms. The Hall–Kier alpha value is -1.26. The van der Waals surface area contributed by atoms with Crippen LogP contribution >= 0.6 is 0 Å². The molecule has 3 N–H and O–H groups in total. The molecule has 2 rings (SSSR count). The predicted molar refractivity (Wildman–Crippen MR) is 56.0 cm³/mol. The van der Waals surface area contributed by atoms with E-state index in [-0.39, 0.29) is 13.2 Å². The largest absolute Gasteiger partial charge is 0.486 e. The molecular formula is C11H15NO3. The molecule has 1 aliphatic rings. The number of benzene rings is 1. The normalized spacial score (nSPS) is 20.5. The minimum Gasteiger partial charge on any atom is -0.486 e. The van der Waals surface area contributed by atoms with Crippen molar-refractivity contribution in [3.63, 3.8) is 0 Å². The fourth-order valence-corrected chi connectivity index (χ4v) is 1.40. The number of hydrogen-bond acceptors (Lipinski definition) is 4. The van der Waals surface area contributed by atoms with Crippen molar-refractivity contribution in [2.45, 2.75) is 18.6 Å². The SMILES string of the molecule is CC(N)C1(O)COc2ccccc2OC1. The zero-order valence-corrected chi connectivity index (χ0v) is 8.64. The fourth-order valence-electron chi connectivity index (χ4n) is 1.40. The van der Waals surface area contributed by atoms with E-state index in [9.17, 15) is 5.11 Å². The summed E-state index contributed by atoms with van der Waals surface area (Å²) in [7, 11) is 0. The van der Waals surface area contributed by atoms with E-state index in [4.69, 9.17) is 15.2 Å². The molecule has 0 aliphatic carbocycles. The second-order valence-electron chi connectivity index (χ2n) is 3.92. The van der Waals surface area contributed by atoms with E-state index in [1.807, 2.05) is 24.3 Å². The summed E-state index contributed by atoms with van der Waals surface area (Å²) in [6.45, 7) is 2.05. The lowest BCUT2D eigenvalue weighted by Crippen LogP contribution is -2.54. The summed E-state index contributed by atoms with van der Waals surface area (Å²) in [5.41, 5.74) is 4.57. The molecular weight excluding hydrogens is 194 g/mol. The van der Waals surface area contributed by atoms with Crippen LogP contribution in [0.15, 0.2) is 24.3 Å². The number of aliphatic hydroxyl groups is 1. The van der Waals surface area contributed by atoms with Gasteiger partial charge in [0, 0.05) is 6.04 Å². The molecule has 0 spiro atoms. The van der Waals surface area contributed by atoms with Crippen LogP contribution in [0.5, 0.6) is 11.5 Å². The minimum absolute atomic E-state index is 0.154. The van der Waals surface area contributed by atoms with Gasteiger partial charge < -0.3 is 20.3 Å². The van der Waals surface area contributed by atoms with Crippen LogP contribution in [0, 0.1) is 0 Å². The first kappa shape index (κ1) is 10.3. The third kappa shape index (κ3) is 1.91. The average molecular weight is 209 g/mol.